The second-order valence-electron chi connectivity index (χ2n) is 6.95. The van der Waals surface area contributed by atoms with E-state index in [0.717, 1.165) is 5.56 Å². The van der Waals surface area contributed by atoms with Crippen LogP contribution in [0.1, 0.15) is 40.9 Å². The van der Waals surface area contributed by atoms with Crippen LogP contribution in [0.2, 0.25) is 0 Å². The van der Waals surface area contributed by atoms with Gasteiger partial charge in [0.25, 0.3) is 0 Å². The first kappa shape index (κ1) is 20.3. The number of carboxylic acid groups (broad SMARTS) is 1. The number of hydrogen-bond acceptors (Lipinski definition) is 4. The SMILES string of the molecule is CC(CC(C(=O)c1cccc(OCc2ccccc2)c1)c1ccccn1)C(=O)O. The third kappa shape index (κ3) is 5.51. The molecule has 0 amide bonds. The molecule has 0 radical (unpaired) electrons. The van der Waals surface area contributed by atoms with Gasteiger partial charge in [0.15, 0.2) is 5.78 Å². The van der Waals surface area contributed by atoms with Gasteiger partial charge in [0.05, 0.1) is 17.5 Å². The lowest BCUT2D eigenvalue weighted by Gasteiger charge is -2.18. The van der Waals surface area contributed by atoms with E-state index in [1.807, 2.05) is 30.3 Å². The highest BCUT2D eigenvalue weighted by Crippen LogP contribution is 2.28. The van der Waals surface area contributed by atoms with Gasteiger partial charge in [-0.1, -0.05) is 55.5 Å². The van der Waals surface area contributed by atoms with Crippen molar-refractivity contribution in [3.8, 4) is 5.75 Å². The number of benzene rings is 2. The van der Waals surface area contributed by atoms with E-state index in [4.69, 9.17) is 4.74 Å². The smallest absolute Gasteiger partial charge is 0.306 e. The summed E-state index contributed by atoms with van der Waals surface area (Å²) in [4.78, 5) is 28.9. The summed E-state index contributed by atoms with van der Waals surface area (Å²) in [7, 11) is 0. The molecular weight excluding hydrogens is 366 g/mol. The Hall–Kier alpha value is -3.47. The molecule has 2 atom stereocenters. The van der Waals surface area contributed by atoms with Crippen LogP contribution in [0.3, 0.4) is 0 Å². The lowest BCUT2D eigenvalue weighted by molar-refractivity contribution is -0.141. The summed E-state index contributed by atoms with van der Waals surface area (Å²) in [6, 6.07) is 22.1. The molecule has 1 N–H and O–H groups in total. The molecular formula is C24H23NO4. The topological polar surface area (TPSA) is 76.5 Å². The molecule has 0 saturated carbocycles. The minimum atomic E-state index is -0.932. The predicted octanol–water partition coefficient (Wildman–Crippen LogP) is 4.74. The Balaban J connectivity index is 1.80. The molecule has 148 valence electrons. The van der Waals surface area contributed by atoms with Crippen LogP contribution in [0, 0.1) is 5.92 Å². The van der Waals surface area contributed by atoms with Crippen LogP contribution in [0.15, 0.2) is 79.0 Å². The number of Topliss-reactive ketones (excluding diaryl/α,β-unsaturated/α-hetero) is 1. The quantitative estimate of drug-likeness (QED) is 0.535. The maximum absolute atomic E-state index is 13.2. The molecule has 0 bridgehead atoms. The van der Waals surface area contributed by atoms with Crippen molar-refractivity contribution >= 4 is 11.8 Å². The molecule has 0 aliphatic heterocycles. The molecule has 3 aromatic rings. The number of aromatic nitrogens is 1. The molecule has 2 unspecified atom stereocenters. The molecule has 0 fully saturated rings. The normalized spacial score (nSPS) is 12.7. The van der Waals surface area contributed by atoms with Crippen molar-refractivity contribution in [3.05, 3.63) is 95.8 Å². The zero-order chi connectivity index (χ0) is 20.6. The Morgan fingerprint density at radius 1 is 1.00 bits per heavy atom. The van der Waals surface area contributed by atoms with E-state index in [0.29, 0.717) is 23.6 Å². The van der Waals surface area contributed by atoms with Crippen LogP contribution >= 0.6 is 0 Å². The van der Waals surface area contributed by atoms with Gasteiger partial charge in [0, 0.05) is 11.8 Å². The van der Waals surface area contributed by atoms with E-state index in [2.05, 4.69) is 4.98 Å². The summed E-state index contributed by atoms with van der Waals surface area (Å²) >= 11 is 0. The first-order valence-electron chi connectivity index (χ1n) is 9.49. The molecule has 2 aromatic carbocycles. The van der Waals surface area contributed by atoms with Gasteiger partial charge in [-0.15, -0.1) is 0 Å². The average Bonchev–Trinajstić information content (AvgIpc) is 2.77. The largest absolute Gasteiger partial charge is 0.489 e. The second kappa shape index (κ2) is 9.64. The van der Waals surface area contributed by atoms with Crippen molar-refractivity contribution in [1.82, 2.24) is 4.98 Å². The summed E-state index contributed by atoms with van der Waals surface area (Å²) in [5.41, 5.74) is 2.08. The second-order valence-corrected chi connectivity index (χ2v) is 6.95. The third-order valence-electron chi connectivity index (χ3n) is 4.74. The van der Waals surface area contributed by atoms with Gasteiger partial charge in [-0.25, -0.2) is 0 Å². The van der Waals surface area contributed by atoms with Gasteiger partial charge < -0.3 is 9.84 Å². The molecule has 0 aliphatic rings. The van der Waals surface area contributed by atoms with E-state index in [9.17, 15) is 14.7 Å². The van der Waals surface area contributed by atoms with Crippen LogP contribution in [-0.4, -0.2) is 21.8 Å². The molecule has 1 heterocycles. The Morgan fingerprint density at radius 3 is 2.45 bits per heavy atom. The molecule has 1 aromatic heterocycles. The van der Waals surface area contributed by atoms with Crippen LogP contribution in [0.5, 0.6) is 5.75 Å². The number of ether oxygens (including phenoxy) is 1. The fraction of sp³-hybridized carbons (Fsp3) is 0.208. The Labute approximate surface area is 170 Å². The molecule has 29 heavy (non-hydrogen) atoms. The fourth-order valence-electron chi connectivity index (χ4n) is 3.08. The standard InChI is InChI=1S/C24H23NO4/c1-17(24(27)28)14-21(22-12-5-6-13-25-22)23(26)19-10-7-11-20(15-19)29-16-18-8-3-2-4-9-18/h2-13,15,17,21H,14,16H2,1H3,(H,27,28). The monoisotopic (exact) mass is 389 g/mol. The number of carboxylic acids is 1. The van der Waals surface area contributed by atoms with E-state index >= 15 is 0 Å². The molecule has 0 spiro atoms. The summed E-state index contributed by atoms with van der Waals surface area (Å²) in [6.45, 7) is 2.00. The number of carbonyl (C=O) groups excluding carboxylic acids is 1. The van der Waals surface area contributed by atoms with Crippen LogP contribution < -0.4 is 4.74 Å². The van der Waals surface area contributed by atoms with Crippen molar-refractivity contribution in [2.75, 3.05) is 0 Å². The zero-order valence-corrected chi connectivity index (χ0v) is 16.2. The Kier molecular flexibility index (Phi) is 6.74. The summed E-state index contributed by atoms with van der Waals surface area (Å²) in [5, 5.41) is 9.30. The highest BCUT2D eigenvalue weighted by atomic mass is 16.5. The van der Waals surface area contributed by atoms with Crippen molar-refractivity contribution in [3.63, 3.8) is 0 Å². The van der Waals surface area contributed by atoms with Crippen LogP contribution in [0.4, 0.5) is 0 Å². The first-order chi connectivity index (χ1) is 14.0. The van der Waals surface area contributed by atoms with Gasteiger partial charge in [0.1, 0.15) is 12.4 Å². The molecule has 0 saturated heterocycles. The lowest BCUT2D eigenvalue weighted by atomic mass is 9.86. The highest BCUT2D eigenvalue weighted by Gasteiger charge is 2.28. The fourth-order valence-corrected chi connectivity index (χ4v) is 3.08. The van der Waals surface area contributed by atoms with Gasteiger partial charge in [-0.05, 0) is 36.2 Å². The summed E-state index contributed by atoms with van der Waals surface area (Å²) in [5.74, 6) is -1.80. The number of hydrogen-bond donors (Lipinski definition) is 1. The van der Waals surface area contributed by atoms with Gasteiger partial charge in [-0.3, -0.25) is 14.6 Å². The maximum atomic E-state index is 13.2. The van der Waals surface area contributed by atoms with Crippen molar-refractivity contribution in [2.24, 2.45) is 5.92 Å². The number of nitrogens with zero attached hydrogens (tertiary/aromatic N) is 1. The number of ketones is 1. The maximum Gasteiger partial charge on any atom is 0.306 e. The molecule has 3 rings (SSSR count). The molecule has 0 aliphatic carbocycles. The third-order valence-corrected chi connectivity index (χ3v) is 4.74. The number of pyridine rings is 1. The average molecular weight is 389 g/mol. The van der Waals surface area contributed by atoms with Crippen molar-refractivity contribution in [2.45, 2.75) is 25.9 Å². The number of rotatable bonds is 9. The summed E-state index contributed by atoms with van der Waals surface area (Å²) < 4.78 is 5.83. The minimum absolute atomic E-state index is 0.165. The van der Waals surface area contributed by atoms with E-state index < -0.39 is 17.8 Å². The zero-order valence-electron chi connectivity index (χ0n) is 16.2. The minimum Gasteiger partial charge on any atom is -0.489 e. The highest BCUT2D eigenvalue weighted by molar-refractivity contribution is 6.01. The Bertz CT molecular complexity index is 957. The Morgan fingerprint density at radius 2 is 1.76 bits per heavy atom. The van der Waals surface area contributed by atoms with Crippen molar-refractivity contribution < 1.29 is 19.4 Å². The molecule has 5 heteroatoms. The van der Waals surface area contributed by atoms with Crippen LogP contribution in [-0.2, 0) is 11.4 Å². The van der Waals surface area contributed by atoms with E-state index in [-0.39, 0.29) is 12.2 Å². The summed E-state index contributed by atoms with van der Waals surface area (Å²) in [6.07, 6.45) is 1.79. The van der Waals surface area contributed by atoms with Gasteiger partial charge in [0.2, 0.25) is 0 Å². The number of aliphatic carboxylic acids is 1. The van der Waals surface area contributed by atoms with Gasteiger partial charge in [-0.2, -0.15) is 0 Å². The number of carbonyl (C=O) groups is 2. The van der Waals surface area contributed by atoms with Crippen molar-refractivity contribution in [1.29, 1.82) is 0 Å². The first-order valence-corrected chi connectivity index (χ1v) is 9.49. The molecule has 5 nitrogen and oxygen atoms in total. The van der Waals surface area contributed by atoms with Gasteiger partial charge >= 0.3 is 5.97 Å². The van der Waals surface area contributed by atoms with E-state index in [1.165, 1.54) is 0 Å². The van der Waals surface area contributed by atoms with E-state index in [1.54, 1.807) is 55.6 Å². The lowest BCUT2D eigenvalue weighted by Crippen LogP contribution is -2.21. The predicted molar refractivity (Wildman–Crippen MR) is 110 cm³/mol. The van der Waals surface area contributed by atoms with Crippen LogP contribution in [0.25, 0.3) is 0 Å².